The summed E-state index contributed by atoms with van der Waals surface area (Å²) in [5.41, 5.74) is 1.27. The molecule has 5 nitrogen and oxygen atoms in total. The normalized spacial score (nSPS) is 19.7. The number of hydrogen-bond donors (Lipinski definition) is 2. The molecule has 1 aliphatic rings. The third kappa shape index (κ3) is 3.46. The second-order valence-corrected chi connectivity index (χ2v) is 5.32. The maximum atomic E-state index is 5.29. The highest BCUT2D eigenvalue weighted by Crippen LogP contribution is 2.41. The van der Waals surface area contributed by atoms with E-state index in [9.17, 15) is 0 Å². The second-order valence-electron chi connectivity index (χ2n) is 4.91. The molecule has 0 aliphatic heterocycles. The monoisotopic (exact) mass is 300 g/mol. The lowest BCUT2D eigenvalue weighted by molar-refractivity contribution is 0.414. The molecule has 1 heterocycles. The highest BCUT2D eigenvalue weighted by molar-refractivity contribution is 7.80. The van der Waals surface area contributed by atoms with Gasteiger partial charge in [0.05, 0.1) is 13.3 Å². The summed E-state index contributed by atoms with van der Waals surface area (Å²) in [6.45, 7) is 0. The summed E-state index contributed by atoms with van der Waals surface area (Å²) >= 11 is 5.29. The Labute approximate surface area is 128 Å². The second kappa shape index (κ2) is 6.05. The Morgan fingerprint density at radius 3 is 3.05 bits per heavy atom. The van der Waals surface area contributed by atoms with Gasteiger partial charge in [0.25, 0.3) is 0 Å². The molecule has 0 radical (unpaired) electrons. The average Bonchev–Trinajstić information content (AvgIpc) is 3.27. The van der Waals surface area contributed by atoms with Crippen molar-refractivity contribution in [2.45, 2.75) is 18.4 Å². The number of anilines is 1. The van der Waals surface area contributed by atoms with Gasteiger partial charge < -0.3 is 15.4 Å². The Bertz CT molecular complexity index is 635. The van der Waals surface area contributed by atoms with Crippen LogP contribution in [-0.2, 0) is 0 Å². The summed E-state index contributed by atoms with van der Waals surface area (Å²) in [7, 11) is 1.68. The predicted molar refractivity (Wildman–Crippen MR) is 85.5 cm³/mol. The van der Waals surface area contributed by atoms with Crippen LogP contribution in [0.5, 0.6) is 5.75 Å². The Morgan fingerprint density at radius 2 is 2.29 bits per heavy atom. The molecule has 2 N–H and O–H groups in total. The van der Waals surface area contributed by atoms with Crippen LogP contribution in [0, 0.1) is 0 Å². The van der Waals surface area contributed by atoms with Crippen molar-refractivity contribution in [1.29, 1.82) is 0 Å². The number of rotatable bonds is 4. The van der Waals surface area contributed by atoms with Crippen LogP contribution in [0.2, 0.25) is 0 Å². The van der Waals surface area contributed by atoms with Gasteiger partial charge in [0.2, 0.25) is 0 Å². The first-order valence-corrected chi connectivity index (χ1v) is 7.14. The van der Waals surface area contributed by atoms with Gasteiger partial charge in [-0.05, 0) is 36.3 Å². The van der Waals surface area contributed by atoms with Crippen LogP contribution in [-0.4, -0.2) is 28.2 Å². The minimum Gasteiger partial charge on any atom is -0.497 e. The third-order valence-electron chi connectivity index (χ3n) is 3.43. The lowest BCUT2D eigenvalue weighted by atomic mass is 10.1. The highest BCUT2D eigenvalue weighted by atomic mass is 32.1. The predicted octanol–water partition coefficient (Wildman–Crippen LogP) is 2.33. The fraction of sp³-hybridized carbons (Fsp3) is 0.267. The van der Waals surface area contributed by atoms with Gasteiger partial charge in [0.1, 0.15) is 5.75 Å². The largest absolute Gasteiger partial charge is 0.497 e. The van der Waals surface area contributed by atoms with Gasteiger partial charge in [0, 0.05) is 24.4 Å². The van der Waals surface area contributed by atoms with E-state index in [1.54, 1.807) is 25.7 Å². The van der Waals surface area contributed by atoms with E-state index < -0.39 is 0 Å². The van der Waals surface area contributed by atoms with Gasteiger partial charge in [-0.25, -0.2) is 4.98 Å². The molecule has 0 saturated heterocycles. The number of methoxy groups -OCH3 is 1. The summed E-state index contributed by atoms with van der Waals surface area (Å²) in [5, 5.41) is 6.90. The molecule has 3 rings (SSSR count). The van der Waals surface area contributed by atoms with E-state index in [0.717, 1.165) is 12.2 Å². The van der Waals surface area contributed by atoms with Crippen LogP contribution in [0.15, 0.2) is 42.9 Å². The quantitative estimate of drug-likeness (QED) is 0.845. The first-order chi connectivity index (χ1) is 10.3. The Balaban J connectivity index is 1.55. The number of nitrogens with zero attached hydrogens (tertiary/aromatic N) is 2. The molecule has 1 saturated carbocycles. The van der Waals surface area contributed by atoms with E-state index in [1.165, 1.54) is 5.56 Å². The van der Waals surface area contributed by atoms with E-state index in [2.05, 4.69) is 32.7 Å². The molecule has 6 heteroatoms. The van der Waals surface area contributed by atoms with Crippen molar-refractivity contribution in [1.82, 2.24) is 15.3 Å². The van der Waals surface area contributed by atoms with Crippen LogP contribution < -0.4 is 15.4 Å². The Morgan fingerprint density at radius 1 is 1.38 bits per heavy atom. The summed E-state index contributed by atoms with van der Waals surface area (Å²) < 4.78 is 5.25. The molecule has 0 bridgehead atoms. The van der Waals surface area contributed by atoms with Crippen molar-refractivity contribution in [3.8, 4) is 5.75 Å². The molecule has 1 fully saturated rings. The summed E-state index contributed by atoms with van der Waals surface area (Å²) in [4.78, 5) is 8.12. The number of ether oxygens (including phenoxy) is 1. The zero-order valence-electron chi connectivity index (χ0n) is 11.6. The summed E-state index contributed by atoms with van der Waals surface area (Å²) in [6, 6.07) is 8.52. The number of thiocarbonyl (C=S) groups is 1. The van der Waals surface area contributed by atoms with Gasteiger partial charge in [-0.3, -0.25) is 4.98 Å². The summed E-state index contributed by atoms with van der Waals surface area (Å²) in [6.07, 6.45) is 5.96. The highest BCUT2D eigenvalue weighted by Gasteiger charge is 2.39. The van der Waals surface area contributed by atoms with Crippen LogP contribution in [0.4, 0.5) is 5.82 Å². The van der Waals surface area contributed by atoms with Crippen molar-refractivity contribution >= 4 is 23.1 Å². The maximum absolute atomic E-state index is 5.29. The smallest absolute Gasteiger partial charge is 0.172 e. The first kappa shape index (κ1) is 13.8. The molecular formula is C15H16N4OS. The number of aromatic nitrogens is 2. The molecule has 1 aromatic heterocycles. The van der Waals surface area contributed by atoms with Gasteiger partial charge in [-0.1, -0.05) is 12.1 Å². The Kier molecular flexibility index (Phi) is 3.96. The first-order valence-electron chi connectivity index (χ1n) is 6.74. The van der Waals surface area contributed by atoms with Crippen LogP contribution >= 0.6 is 12.2 Å². The molecule has 2 unspecified atom stereocenters. The molecule has 0 amide bonds. The fourth-order valence-corrected chi connectivity index (χ4v) is 2.54. The average molecular weight is 300 g/mol. The van der Waals surface area contributed by atoms with Crippen molar-refractivity contribution in [3.63, 3.8) is 0 Å². The van der Waals surface area contributed by atoms with E-state index >= 15 is 0 Å². The molecule has 1 aliphatic carbocycles. The van der Waals surface area contributed by atoms with Gasteiger partial charge in [-0.15, -0.1) is 0 Å². The van der Waals surface area contributed by atoms with Crippen molar-refractivity contribution in [3.05, 3.63) is 48.4 Å². The zero-order chi connectivity index (χ0) is 14.7. The van der Waals surface area contributed by atoms with Crippen LogP contribution in [0.3, 0.4) is 0 Å². The molecule has 108 valence electrons. The molecule has 1 aromatic carbocycles. The van der Waals surface area contributed by atoms with E-state index in [1.807, 2.05) is 12.1 Å². The van der Waals surface area contributed by atoms with Gasteiger partial charge in [-0.2, -0.15) is 0 Å². The van der Waals surface area contributed by atoms with Crippen LogP contribution in [0.1, 0.15) is 17.9 Å². The van der Waals surface area contributed by atoms with Crippen molar-refractivity contribution < 1.29 is 4.74 Å². The fourth-order valence-electron chi connectivity index (χ4n) is 2.28. The molecule has 21 heavy (non-hydrogen) atoms. The van der Waals surface area contributed by atoms with E-state index in [4.69, 9.17) is 17.0 Å². The van der Waals surface area contributed by atoms with E-state index in [-0.39, 0.29) is 0 Å². The maximum Gasteiger partial charge on any atom is 0.172 e. The third-order valence-corrected chi connectivity index (χ3v) is 3.65. The number of nitrogens with one attached hydrogen (secondary N) is 2. The van der Waals surface area contributed by atoms with Gasteiger partial charge >= 0.3 is 0 Å². The van der Waals surface area contributed by atoms with Crippen molar-refractivity contribution in [2.75, 3.05) is 12.4 Å². The van der Waals surface area contributed by atoms with Gasteiger partial charge in [0.15, 0.2) is 10.9 Å². The molecule has 2 atom stereocenters. The topological polar surface area (TPSA) is 59.1 Å². The minimum atomic E-state index is 0.355. The molecule has 2 aromatic rings. The van der Waals surface area contributed by atoms with Crippen LogP contribution in [0.25, 0.3) is 0 Å². The summed E-state index contributed by atoms with van der Waals surface area (Å²) in [5.74, 6) is 2.01. The zero-order valence-corrected chi connectivity index (χ0v) is 12.4. The number of benzene rings is 1. The SMILES string of the molecule is COc1cccc(C2CC2NC(=S)Nc2cnccn2)c1. The molecular weight excluding hydrogens is 284 g/mol. The van der Waals surface area contributed by atoms with E-state index in [0.29, 0.717) is 22.9 Å². The van der Waals surface area contributed by atoms with Crippen molar-refractivity contribution in [2.24, 2.45) is 0 Å². The standard InChI is InChI=1S/C15H16N4OS/c1-20-11-4-2-3-10(7-11)12-8-13(12)18-15(21)19-14-9-16-5-6-17-14/h2-7,9,12-13H,8H2,1H3,(H2,17,18,19,21). The minimum absolute atomic E-state index is 0.355. The lowest BCUT2D eigenvalue weighted by Crippen LogP contribution is -2.31. The Hall–Kier alpha value is -2.21. The number of hydrogen-bond acceptors (Lipinski definition) is 4. The lowest BCUT2D eigenvalue weighted by Gasteiger charge is -2.09. The molecule has 0 spiro atoms.